The van der Waals surface area contributed by atoms with Gasteiger partial charge in [0.15, 0.2) is 11.5 Å². The van der Waals surface area contributed by atoms with E-state index in [0.717, 1.165) is 16.9 Å². The van der Waals surface area contributed by atoms with E-state index in [-0.39, 0.29) is 0 Å². The summed E-state index contributed by atoms with van der Waals surface area (Å²) in [5.74, 6) is 1.43. The molecule has 0 saturated heterocycles. The third kappa shape index (κ3) is 4.29. The van der Waals surface area contributed by atoms with E-state index < -0.39 is 0 Å². The van der Waals surface area contributed by atoms with Crippen molar-refractivity contribution in [3.05, 3.63) is 34.9 Å². The van der Waals surface area contributed by atoms with Crippen LogP contribution in [0, 0.1) is 0 Å². The van der Waals surface area contributed by atoms with Crippen LogP contribution in [-0.2, 0) is 6.54 Å². The molecule has 0 aromatic heterocycles. The lowest BCUT2D eigenvalue weighted by atomic mass is 10.2. The lowest BCUT2D eigenvalue weighted by molar-refractivity contribution is 0.293. The molecule has 17 heavy (non-hydrogen) atoms. The van der Waals surface area contributed by atoms with E-state index in [1.54, 1.807) is 0 Å². The molecule has 94 valence electrons. The van der Waals surface area contributed by atoms with Crippen LogP contribution in [0.2, 0.25) is 0 Å². The molecular formula is C13H18ClNO2. The van der Waals surface area contributed by atoms with Gasteiger partial charge in [0.25, 0.3) is 0 Å². The molecule has 0 fully saturated rings. The zero-order valence-electron chi connectivity index (χ0n) is 10.2. The molecule has 0 aliphatic carbocycles. The third-order valence-corrected chi connectivity index (χ3v) is 2.56. The number of rotatable bonds is 6. The highest BCUT2D eigenvalue weighted by atomic mass is 35.5. The van der Waals surface area contributed by atoms with E-state index in [2.05, 4.69) is 0 Å². The first-order chi connectivity index (χ1) is 8.21. The van der Waals surface area contributed by atoms with Crippen molar-refractivity contribution in [2.45, 2.75) is 20.4 Å². The molecule has 0 aliphatic rings. The molecule has 4 heteroatoms. The molecule has 0 aliphatic heterocycles. The van der Waals surface area contributed by atoms with Crippen molar-refractivity contribution in [1.29, 1.82) is 0 Å². The lowest BCUT2D eigenvalue weighted by Crippen LogP contribution is -2.03. The van der Waals surface area contributed by atoms with Gasteiger partial charge in [-0.3, -0.25) is 0 Å². The zero-order chi connectivity index (χ0) is 12.7. The predicted molar refractivity (Wildman–Crippen MR) is 70.6 cm³/mol. The van der Waals surface area contributed by atoms with E-state index in [1.807, 2.05) is 32.0 Å². The summed E-state index contributed by atoms with van der Waals surface area (Å²) in [6, 6.07) is 5.70. The van der Waals surface area contributed by atoms with Crippen LogP contribution in [0.1, 0.15) is 19.4 Å². The van der Waals surface area contributed by atoms with E-state index in [4.69, 9.17) is 26.8 Å². The van der Waals surface area contributed by atoms with Gasteiger partial charge in [0.2, 0.25) is 0 Å². The number of hydrogen-bond acceptors (Lipinski definition) is 3. The summed E-state index contributed by atoms with van der Waals surface area (Å²) in [4.78, 5) is 0. The molecule has 0 unspecified atom stereocenters. The molecule has 2 N–H and O–H groups in total. The molecule has 1 aromatic rings. The van der Waals surface area contributed by atoms with Gasteiger partial charge >= 0.3 is 0 Å². The fraction of sp³-hybridized carbons (Fsp3) is 0.385. The topological polar surface area (TPSA) is 44.5 Å². The first-order valence-corrected chi connectivity index (χ1v) is 5.99. The highest BCUT2D eigenvalue weighted by molar-refractivity contribution is 6.25. The Morgan fingerprint density at radius 1 is 1.35 bits per heavy atom. The van der Waals surface area contributed by atoms with Crippen molar-refractivity contribution in [3.8, 4) is 11.5 Å². The molecule has 1 rings (SSSR count). The van der Waals surface area contributed by atoms with Crippen LogP contribution in [0.3, 0.4) is 0 Å². The molecule has 3 nitrogen and oxygen atoms in total. The SMILES string of the molecule is CCOc1cc(CN)ccc1OC/C(C)=C/Cl. The highest BCUT2D eigenvalue weighted by Crippen LogP contribution is 2.28. The minimum Gasteiger partial charge on any atom is -0.490 e. The minimum atomic E-state index is 0.450. The quantitative estimate of drug-likeness (QED) is 0.850. The summed E-state index contributed by atoms with van der Waals surface area (Å²) in [5, 5.41) is 0. The first-order valence-electron chi connectivity index (χ1n) is 5.55. The van der Waals surface area contributed by atoms with Gasteiger partial charge in [0.05, 0.1) is 6.61 Å². The van der Waals surface area contributed by atoms with Gasteiger partial charge in [-0.25, -0.2) is 0 Å². The van der Waals surface area contributed by atoms with Crippen molar-refractivity contribution < 1.29 is 9.47 Å². The smallest absolute Gasteiger partial charge is 0.161 e. The summed E-state index contributed by atoms with van der Waals surface area (Å²) in [6.45, 7) is 5.37. The second-order valence-corrected chi connectivity index (χ2v) is 3.88. The second kappa shape index (κ2) is 7.20. The number of benzene rings is 1. The van der Waals surface area contributed by atoms with Crippen LogP contribution < -0.4 is 15.2 Å². The van der Waals surface area contributed by atoms with Crippen LogP contribution in [0.25, 0.3) is 0 Å². The number of nitrogens with two attached hydrogens (primary N) is 1. The average Bonchev–Trinajstić information content (AvgIpc) is 2.37. The fourth-order valence-electron chi connectivity index (χ4n) is 1.29. The normalized spacial score (nSPS) is 11.4. The Morgan fingerprint density at radius 2 is 2.12 bits per heavy atom. The molecule has 0 spiro atoms. The van der Waals surface area contributed by atoms with Crippen molar-refractivity contribution in [2.24, 2.45) is 5.73 Å². The van der Waals surface area contributed by atoms with Crippen LogP contribution in [0.4, 0.5) is 0 Å². The Morgan fingerprint density at radius 3 is 2.71 bits per heavy atom. The van der Waals surface area contributed by atoms with E-state index in [1.165, 1.54) is 5.54 Å². The van der Waals surface area contributed by atoms with Crippen LogP contribution in [0.15, 0.2) is 29.3 Å². The van der Waals surface area contributed by atoms with Gasteiger partial charge in [-0.15, -0.1) is 0 Å². The average molecular weight is 256 g/mol. The summed E-state index contributed by atoms with van der Waals surface area (Å²) < 4.78 is 11.1. The fourth-order valence-corrected chi connectivity index (χ4v) is 1.35. The van der Waals surface area contributed by atoms with Crippen LogP contribution in [-0.4, -0.2) is 13.2 Å². The number of halogens is 1. The van der Waals surface area contributed by atoms with E-state index >= 15 is 0 Å². The van der Waals surface area contributed by atoms with E-state index in [0.29, 0.717) is 25.5 Å². The monoisotopic (exact) mass is 255 g/mol. The Balaban J connectivity index is 2.82. The molecule has 0 saturated carbocycles. The van der Waals surface area contributed by atoms with Gasteiger partial charge in [0.1, 0.15) is 6.61 Å². The second-order valence-electron chi connectivity index (χ2n) is 3.66. The van der Waals surface area contributed by atoms with Crippen molar-refractivity contribution >= 4 is 11.6 Å². The standard InChI is InChI=1S/C13H18ClNO2/c1-3-16-13-6-11(8-15)4-5-12(13)17-9-10(2)7-14/h4-7H,3,8-9,15H2,1-2H3/b10-7+. The molecule has 1 aromatic carbocycles. The Bertz CT molecular complexity index is 391. The summed E-state index contributed by atoms with van der Waals surface area (Å²) >= 11 is 5.58. The summed E-state index contributed by atoms with van der Waals surface area (Å²) in [7, 11) is 0. The van der Waals surface area contributed by atoms with Crippen molar-refractivity contribution in [3.63, 3.8) is 0 Å². The van der Waals surface area contributed by atoms with Gasteiger partial charge in [0, 0.05) is 12.1 Å². The third-order valence-electron chi connectivity index (χ3n) is 2.19. The van der Waals surface area contributed by atoms with Gasteiger partial charge in [-0.1, -0.05) is 17.7 Å². The minimum absolute atomic E-state index is 0.450. The molecule has 0 bridgehead atoms. The van der Waals surface area contributed by atoms with E-state index in [9.17, 15) is 0 Å². The maximum Gasteiger partial charge on any atom is 0.161 e. The number of hydrogen-bond donors (Lipinski definition) is 1. The van der Waals surface area contributed by atoms with Crippen molar-refractivity contribution in [1.82, 2.24) is 0 Å². The largest absolute Gasteiger partial charge is 0.490 e. The molecule has 0 atom stereocenters. The van der Waals surface area contributed by atoms with Gasteiger partial charge in [-0.2, -0.15) is 0 Å². The summed E-state index contributed by atoms with van der Waals surface area (Å²) in [5.41, 5.74) is 9.07. The molecular weight excluding hydrogens is 238 g/mol. The van der Waals surface area contributed by atoms with Crippen LogP contribution in [0.5, 0.6) is 11.5 Å². The Kier molecular flexibility index (Phi) is 5.87. The summed E-state index contributed by atoms with van der Waals surface area (Å²) in [6.07, 6.45) is 0. The Labute approximate surface area is 107 Å². The Hall–Kier alpha value is -1.19. The maximum absolute atomic E-state index is 5.62. The zero-order valence-corrected chi connectivity index (χ0v) is 11.0. The van der Waals surface area contributed by atoms with Gasteiger partial charge in [-0.05, 0) is 37.1 Å². The first kappa shape index (κ1) is 13.9. The predicted octanol–water partition coefficient (Wildman–Crippen LogP) is 3.07. The lowest BCUT2D eigenvalue weighted by Gasteiger charge is -2.13. The number of ether oxygens (including phenoxy) is 2. The highest BCUT2D eigenvalue weighted by Gasteiger charge is 2.06. The molecule has 0 heterocycles. The van der Waals surface area contributed by atoms with Crippen LogP contribution >= 0.6 is 11.6 Å². The molecule has 0 radical (unpaired) electrons. The van der Waals surface area contributed by atoms with Gasteiger partial charge < -0.3 is 15.2 Å². The molecule has 0 amide bonds. The van der Waals surface area contributed by atoms with Crippen molar-refractivity contribution in [2.75, 3.05) is 13.2 Å². The maximum atomic E-state index is 5.62.